The quantitative estimate of drug-likeness (QED) is 0.901. The van der Waals surface area contributed by atoms with Crippen molar-refractivity contribution in [2.24, 2.45) is 11.3 Å². The van der Waals surface area contributed by atoms with Crippen LogP contribution in [0.1, 0.15) is 36.1 Å². The highest BCUT2D eigenvalue weighted by Gasteiger charge is 2.58. The molecule has 26 heavy (non-hydrogen) atoms. The summed E-state index contributed by atoms with van der Waals surface area (Å²) in [5.41, 5.74) is 3.63. The number of carbonyl (C=O) groups excluding carboxylic acids is 1. The topological polar surface area (TPSA) is 45.2 Å². The van der Waals surface area contributed by atoms with E-state index in [0.717, 1.165) is 38.0 Å². The van der Waals surface area contributed by atoms with Crippen LogP contribution >= 0.6 is 0 Å². The van der Waals surface area contributed by atoms with E-state index in [9.17, 15) is 4.79 Å². The summed E-state index contributed by atoms with van der Waals surface area (Å²) >= 11 is 0. The smallest absolute Gasteiger partial charge is 0.226 e. The second kappa shape index (κ2) is 7.20. The molecule has 1 unspecified atom stereocenters. The minimum absolute atomic E-state index is 0.193. The first-order valence-electron chi connectivity index (χ1n) is 9.61. The monoisotopic (exact) mass is 349 g/mol. The van der Waals surface area contributed by atoms with Gasteiger partial charge >= 0.3 is 0 Å². The number of hydrogen-bond donors (Lipinski definition) is 1. The molecule has 2 aromatic rings. The lowest BCUT2D eigenvalue weighted by Gasteiger charge is -2.27. The number of hydrogen-bond acceptors (Lipinski definition) is 3. The summed E-state index contributed by atoms with van der Waals surface area (Å²) in [5.74, 6) is 0.497. The van der Waals surface area contributed by atoms with Crippen LogP contribution in [0.2, 0.25) is 0 Å². The van der Waals surface area contributed by atoms with Crippen molar-refractivity contribution in [1.82, 2.24) is 15.2 Å². The van der Waals surface area contributed by atoms with Crippen LogP contribution in [0, 0.1) is 18.3 Å². The Kier molecular flexibility index (Phi) is 4.77. The number of aromatic nitrogens is 1. The Labute approximate surface area is 155 Å². The molecular weight excluding hydrogens is 322 g/mol. The maximum absolute atomic E-state index is 13.4. The lowest BCUT2D eigenvalue weighted by molar-refractivity contribution is -0.135. The van der Waals surface area contributed by atoms with E-state index in [2.05, 4.69) is 41.5 Å². The van der Waals surface area contributed by atoms with Crippen LogP contribution in [0.25, 0.3) is 0 Å². The first kappa shape index (κ1) is 17.2. The zero-order chi connectivity index (χ0) is 18.0. The molecule has 1 N–H and O–H groups in total. The third-order valence-electron chi connectivity index (χ3n) is 5.93. The Morgan fingerprint density at radius 1 is 1.19 bits per heavy atom. The third kappa shape index (κ3) is 3.65. The van der Waals surface area contributed by atoms with E-state index in [4.69, 9.17) is 0 Å². The van der Waals surface area contributed by atoms with E-state index < -0.39 is 0 Å². The van der Waals surface area contributed by atoms with Gasteiger partial charge in [0.05, 0.1) is 12.2 Å². The number of aryl methyl sites for hydroxylation is 1. The van der Waals surface area contributed by atoms with Crippen LogP contribution in [0.5, 0.6) is 0 Å². The molecule has 1 amide bonds. The van der Waals surface area contributed by atoms with Gasteiger partial charge in [0.1, 0.15) is 0 Å². The summed E-state index contributed by atoms with van der Waals surface area (Å²) in [6.07, 6.45) is 5.12. The first-order valence-corrected chi connectivity index (χ1v) is 9.61. The van der Waals surface area contributed by atoms with E-state index in [1.54, 1.807) is 6.20 Å². The van der Waals surface area contributed by atoms with Crippen molar-refractivity contribution in [2.45, 2.75) is 39.3 Å². The molecule has 2 aliphatic rings. The Balaban J connectivity index is 1.53. The fourth-order valence-corrected chi connectivity index (χ4v) is 4.32. The number of nitrogens with one attached hydrogen (secondary N) is 1. The Bertz CT molecular complexity index is 768. The molecule has 1 aromatic heterocycles. The van der Waals surface area contributed by atoms with E-state index in [1.807, 2.05) is 23.1 Å². The van der Waals surface area contributed by atoms with Crippen LogP contribution in [-0.4, -0.2) is 28.9 Å². The van der Waals surface area contributed by atoms with Crippen molar-refractivity contribution in [3.63, 3.8) is 0 Å². The number of nitrogens with zero attached hydrogens (tertiary/aromatic N) is 2. The van der Waals surface area contributed by atoms with Crippen LogP contribution in [0.15, 0.2) is 48.7 Å². The largest absolute Gasteiger partial charge is 0.332 e. The van der Waals surface area contributed by atoms with Crippen molar-refractivity contribution in [1.29, 1.82) is 0 Å². The molecule has 2 heterocycles. The Morgan fingerprint density at radius 2 is 2.04 bits per heavy atom. The molecule has 4 rings (SSSR count). The standard InChI is InChI=1S/C22H27N3O/c1-17-5-4-6-18(13-17)15-25(16-19-7-2-3-10-24-19)21(26)20-14-22(20)8-11-23-12-9-22/h2-7,10,13,20,23H,8-9,11-12,14-16H2,1H3. The molecular formula is C22H27N3O. The number of carbonyl (C=O) groups is 1. The molecule has 1 aliphatic carbocycles. The molecule has 0 bridgehead atoms. The van der Waals surface area contributed by atoms with Gasteiger partial charge in [0.2, 0.25) is 5.91 Å². The number of benzene rings is 1. The van der Waals surface area contributed by atoms with Crippen molar-refractivity contribution >= 4 is 5.91 Å². The lowest BCUT2D eigenvalue weighted by atomic mass is 9.91. The minimum atomic E-state index is 0.193. The van der Waals surface area contributed by atoms with Crippen molar-refractivity contribution < 1.29 is 4.79 Å². The van der Waals surface area contributed by atoms with Gasteiger partial charge in [-0.25, -0.2) is 0 Å². The highest BCUT2D eigenvalue weighted by atomic mass is 16.2. The molecule has 1 aliphatic heterocycles. The predicted molar refractivity (Wildman–Crippen MR) is 102 cm³/mol. The van der Waals surface area contributed by atoms with Crippen LogP contribution in [0.3, 0.4) is 0 Å². The molecule has 1 spiro atoms. The molecule has 1 saturated heterocycles. The van der Waals surface area contributed by atoms with Crippen LogP contribution in [0.4, 0.5) is 0 Å². The Hall–Kier alpha value is -2.20. The summed E-state index contributed by atoms with van der Waals surface area (Å²) in [6.45, 7) is 5.42. The summed E-state index contributed by atoms with van der Waals surface area (Å²) in [4.78, 5) is 19.8. The van der Waals surface area contributed by atoms with Crippen molar-refractivity contribution in [2.75, 3.05) is 13.1 Å². The highest BCUT2D eigenvalue weighted by Crippen LogP contribution is 2.59. The van der Waals surface area contributed by atoms with Gasteiger partial charge in [-0.1, -0.05) is 35.9 Å². The molecule has 2 fully saturated rings. The fourth-order valence-electron chi connectivity index (χ4n) is 4.32. The summed E-state index contributed by atoms with van der Waals surface area (Å²) in [5, 5.41) is 3.42. The lowest BCUT2D eigenvalue weighted by Crippen LogP contribution is -2.36. The highest BCUT2D eigenvalue weighted by molar-refractivity contribution is 5.82. The van der Waals surface area contributed by atoms with Crippen LogP contribution < -0.4 is 5.32 Å². The SMILES string of the molecule is Cc1cccc(CN(Cc2ccccn2)C(=O)C2CC23CCNCC3)c1. The fraction of sp³-hybridized carbons (Fsp3) is 0.455. The normalized spacial score (nSPS) is 20.7. The molecule has 1 aromatic carbocycles. The van der Waals surface area contributed by atoms with E-state index >= 15 is 0 Å². The average molecular weight is 349 g/mol. The van der Waals surface area contributed by atoms with Crippen molar-refractivity contribution in [3.8, 4) is 0 Å². The average Bonchev–Trinajstić information content (AvgIpc) is 3.35. The van der Waals surface area contributed by atoms with Crippen molar-refractivity contribution in [3.05, 3.63) is 65.5 Å². The number of rotatable bonds is 5. The summed E-state index contributed by atoms with van der Waals surface area (Å²) < 4.78 is 0. The van der Waals surface area contributed by atoms with Gasteiger partial charge in [0.15, 0.2) is 0 Å². The third-order valence-corrected chi connectivity index (χ3v) is 5.93. The predicted octanol–water partition coefficient (Wildman–Crippen LogP) is 3.31. The van der Waals surface area contributed by atoms with E-state index in [1.165, 1.54) is 11.1 Å². The minimum Gasteiger partial charge on any atom is -0.332 e. The maximum atomic E-state index is 13.4. The molecule has 136 valence electrons. The summed E-state index contributed by atoms with van der Waals surface area (Å²) in [7, 11) is 0. The van der Waals surface area contributed by atoms with Gasteiger partial charge in [-0.2, -0.15) is 0 Å². The molecule has 4 nitrogen and oxygen atoms in total. The van der Waals surface area contributed by atoms with Gasteiger partial charge in [-0.05, 0) is 62.4 Å². The number of amides is 1. The zero-order valence-corrected chi connectivity index (χ0v) is 15.4. The summed E-state index contributed by atoms with van der Waals surface area (Å²) in [6, 6.07) is 14.4. The zero-order valence-electron chi connectivity index (χ0n) is 15.4. The van der Waals surface area contributed by atoms with Gasteiger partial charge in [0.25, 0.3) is 0 Å². The molecule has 4 heteroatoms. The Morgan fingerprint density at radius 3 is 2.77 bits per heavy atom. The first-order chi connectivity index (χ1) is 12.7. The molecule has 0 radical (unpaired) electrons. The van der Waals surface area contributed by atoms with Gasteiger partial charge in [0, 0.05) is 18.7 Å². The van der Waals surface area contributed by atoms with Gasteiger partial charge in [-0.3, -0.25) is 9.78 Å². The van der Waals surface area contributed by atoms with Gasteiger partial charge < -0.3 is 10.2 Å². The maximum Gasteiger partial charge on any atom is 0.226 e. The second-order valence-corrected chi connectivity index (χ2v) is 7.87. The molecule has 1 saturated carbocycles. The molecule has 1 atom stereocenters. The number of pyridine rings is 1. The second-order valence-electron chi connectivity index (χ2n) is 7.87. The van der Waals surface area contributed by atoms with Crippen LogP contribution in [-0.2, 0) is 17.9 Å². The van der Waals surface area contributed by atoms with Gasteiger partial charge in [-0.15, -0.1) is 0 Å². The van der Waals surface area contributed by atoms with E-state index in [0.29, 0.717) is 19.0 Å². The number of piperidine rings is 1. The van der Waals surface area contributed by atoms with E-state index in [-0.39, 0.29) is 11.3 Å².